The number of aliphatic hydroxyl groups excluding tert-OH is 1. The van der Waals surface area contributed by atoms with Gasteiger partial charge in [-0.25, -0.2) is 0 Å². The Morgan fingerprint density at radius 2 is 2.11 bits per heavy atom. The lowest BCUT2D eigenvalue weighted by molar-refractivity contribution is -0.121. The molecule has 18 heavy (non-hydrogen) atoms. The SMILES string of the molecule is CC1=CC(=O)CC(C)(C)[C@]1(O)/C=C/C(C)=C/CO. The second-order valence-electron chi connectivity index (χ2n) is 5.58. The second-order valence-corrected chi connectivity index (χ2v) is 5.58. The van der Waals surface area contributed by atoms with Gasteiger partial charge in [-0.2, -0.15) is 0 Å². The number of ketones is 1. The summed E-state index contributed by atoms with van der Waals surface area (Å²) in [5, 5.41) is 19.6. The van der Waals surface area contributed by atoms with Crippen molar-refractivity contribution in [2.45, 2.75) is 39.7 Å². The number of carbonyl (C=O) groups excluding carboxylic acids is 1. The lowest BCUT2D eigenvalue weighted by atomic mass is 9.64. The van der Waals surface area contributed by atoms with E-state index in [0.29, 0.717) is 12.0 Å². The highest BCUT2D eigenvalue weighted by molar-refractivity contribution is 5.92. The molecule has 0 spiro atoms. The topological polar surface area (TPSA) is 57.5 Å². The van der Waals surface area contributed by atoms with E-state index in [4.69, 9.17) is 5.11 Å². The lowest BCUT2D eigenvalue weighted by Gasteiger charge is -2.44. The summed E-state index contributed by atoms with van der Waals surface area (Å²) in [6, 6.07) is 0. The first-order chi connectivity index (χ1) is 8.23. The predicted molar refractivity (Wildman–Crippen MR) is 72.1 cm³/mol. The monoisotopic (exact) mass is 250 g/mol. The molecule has 0 fully saturated rings. The highest BCUT2D eigenvalue weighted by Crippen LogP contribution is 2.44. The highest BCUT2D eigenvalue weighted by atomic mass is 16.3. The van der Waals surface area contributed by atoms with E-state index in [1.54, 1.807) is 25.2 Å². The number of carbonyl (C=O) groups is 1. The van der Waals surface area contributed by atoms with Crippen molar-refractivity contribution in [3.05, 3.63) is 35.5 Å². The fourth-order valence-corrected chi connectivity index (χ4v) is 2.33. The van der Waals surface area contributed by atoms with Gasteiger partial charge in [-0.05, 0) is 31.6 Å². The zero-order valence-electron chi connectivity index (χ0n) is 11.5. The minimum absolute atomic E-state index is 0.0225. The fourth-order valence-electron chi connectivity index (χ4n) is 2.33. The number of rotatable bonds is 3. The average molecular weight is 250 g/mol. The Morgan fingerprint density at radius 3 is 2.61 bits per heavy atom. The Hall–Kier alpha value is -1.19. The third-order valence-corrected chi connectivity index (χ3v) is 3.63. The molecule has 3 nitrogen and oxygen atoms in total. The minimum Gasteiger partial charge on any atom is -0.392 e. The number of hydrogen-bond acceptors (Lipinski definition) is 3. The van der Waals surface area contributed by atoms with Gasteiger partial charge in [-0.1, -0.05) is 31.6 Å². The summed E-state index contributed by atoms with van der Waals surface area (Å²) < 4.78 is 0. The summed E-state index contributed by atoms with van der Waals surface area (Å²) in [4.78, 5) is 11.6. The van der Waals surface area contributed by atoms with Gasteiger partial charge in [0.05, 0.1) is 6.61 Å². The van der Waals surface area contributed by atoms with Crippen LogP contribution in [-0.4, -0.2) is 28.2 Å². The third-order valence-electron chi connectivity index (χ3n) is 3.63. The zero-order chi connectivity index (χ0) is 14.0. The fraction of sp³-hybridized carbons (Fsp3) is 0.533. The Kier molecular flexibility index (Phi) is 4.30. The van der Waals surface area contributed by atoms with Crippen LogP contribution in [0.5, 0.6) is 0 Å². The first kappa shape index (κ1) is 14.9. The molecule has 0 bridgehead atoms. The molecule has 1 rings (SSSR count). The molecular formula is C15H22O3. The molecule has 0 aromatic rings. The van der Waals surface area contributed by atoms with Gasteiger partial charge < -0.3 is 10.2 Å². The van der Waals surface area contributed by atoms with Gasteiger partial charge in [0, 0.05) is 11.8 Å². The smallest absolute Gasteiger partial charge is 0.156 e. The van der Waals surface area contributed by atoms with Crippen LogP contribution in [0.4, 0.5) is 0 Å². The van der Waals surface area contributed by atoms with Crippen molar-refractivity contribution in [1.29, 1.82) is 0 Å². The Balaban J connectivity index is 3.13. The molecule has 0 saturated heterocycles. The van der Waals surface area contributed by atoms with Gasteiger partial charge >= 0.3 is 0 Å². The number of aliphatic hydroxyl groups is 2. The molecule has 0 aromatic heterocycles. The van der Waals surface area contributed by atoms with Crippen LogP contribution >= 0.6 is 0 Å². The maximum absolute atomic E-state index is 11.6. The van der Waals surface area contributed by atoms with E-state index < -0.39 is 11.0 Å². The molecule has 1 atom stereocenters. The molecule has 0 saturated carbocycles. The van der Waals surface area contributed by atoms with Crippen molar-refractivity contribution < 1.29 is 15.0 Å². The van der Waals surface area contributed by atoms with Crippen molar-refractivity contribution in [2.24, 2.45) is 5.41 Å². The molecule has 2 N–H and O–H groups in total. The zero-order valence-corrected chi connectivity index (χ0v) is 11.5. The van der Waals surface area contributed by atoms with E-state index in [0.717, 1.165) is 5.57 Å². The van der Waals surface area contributed by atoms with E-state index in [1.807, 2.05) is 20.8 Å². The van der Waals surface area contributed by atoms with Crippen LogP contribution in [0.15, 0.2) is 35.5 Å². The number of hydrogen-bond donors (Lipinski definition) is 2. The molecule has 1 aliphatic rings. The van der Waals surface area contributed by atoms with Gasteiger partial charge in [-0.3, -0.25) is 4.79 Å². The van der Waals surface area contributed by atoms with E-state index in [2.05, 4.69) is 0 Å². The van der Waals surface area contributed by atoms with Crippen molar-refractivity contribution in [2.75, 3.05) is 6.61 Å². The van der Waals surface area contributed by atoms with Crippen LogP contribution < -0.4 is 0 Å². The Morgan fingerprint density at radius 1 is 1.50 bits per heavy atom. The summed E-state index contributed by atoms with van der Waals surface area (Å²) in [7, 11) is 0. The van der Waals surface area contributed by atoms with Crippen molar-refractivity contribution >= 4 is 5.78 Å². The maximum Gasteiger partial charge on any atom is 0.156 e. The molecule has 0 heterocycles. The molecular weight excluding hydrogens is 228 g/mol. The summed E-state index contributed by atoms with van der Waals surface area (Å²) >= 11 is 0. The van der Waals surface area contributed by atoms with E-state index >= 15 is 0 Å². The molecule has 0 aliphatic heterocycles. The van der Waals surface area contributed by atoms with Crippen molar-refractivity contribution in [3.63, 3.8) is 0 Å². The van der Waals surface area contributed by atoms with Gasteiger partial charge in [0.1, 0.15) is 5.60 Å². The highest BCUT2D eigenvalue weighted by Gasteiger charge is 2.46. The number of allylic oxidation sites excluding steroid dienone is 3. The van der Waals surface area contributed by atoms with E-state index in [1.165, 1.54) is 6.08 Å². The summed E-state index contributed by atoms with van der Waals surface area (Å²) in [5.74, 6) is 0.0539. The molecule has 0 amide bonds. The van der Waals surface area contributed by atoms with Crippen molar-refractivity contribution in [3.8, 4) is 0 Å². The Labute approximate surface area is 109 Å². The van der Waals surface area contributed by atoms with Crippen LogP contribution in [0.1, 0.15) is 34.1 Å². The van der Waals surface area contributed by atoms with Crippen LogP contribution in [0.2, 0.25) is 0 Å². The second kappa shape index (κ2) is 5.21. The molecule has 100 valence electrons. The van der Waals surface area contributed by atoms with Gasteiger partial charge in [-0.15, -0.1) is 0 Å². The van der Waals surface area contributed by atoms with Crippen LogP contribution in [0, 0.1) is 5.41 Å². The summed E-state index contributed by atoms with van der Waals surface area (Å²) in [6.07, 6.45) is 7.01. The first-order valence-corrected chi connectivity index (χ1v) is 6.14. The lowest BCUT2D eigenvalue weighted by Crippen LogP contribution is -2.48. The predicted octanol–water partition coefficient (Wildman–Crippen LogP) is 2.16. The van der Waals surface area contributed by atoms with Gasteiger partial charge in [0.25, 0.3) is 0 Å². The summed E-state index contributed by atoms with van der Waals surface area (Å²) in [6.45, 7) is 7.38. The van der Waals surface area contributed by atoms with E-state index in [-0.39, 0.29) is 12.4 Å². The van der Waals surface area contributed by atoms with Crippen molar-refractivity contribution in [1.82, 2.24) is 0 Å². The maximum atomic E-state index is 11.6. The summed E-state index contributed by atoms with van der Waals surface area (Å²) in [5.41, 5.74) is -0.104. The third kappa shape index (κ3) is 2.79. The quantitative estimate of drug-likeness (QED) is 0.755. The van der Waals surface area contributed by atoms with E-state index in [9.17, 15) is 9.90 Å². The average Bonchev–Trinajstić information content (AvgIpc) is 2.23. The first-order valence-electron chi connectivity index (χ1n) is 6.14. The molecule has 0 radical (unpaired) electrons. The Bertz CT molecular complexity index is 427. The molecule has 0 unspecified atom stereocenters. The van der Waals surface area contributed by atoms with Gasteiger partial charge in [0.2, 0.25) is 0 Å². The minimum atomic E-state index is -1.12. The molecule has 1 aliphatic carbocycles. The van der Waals surface area contributed by atoms with Crippen LogP contribution in [0.25, 0.3) is 0 Å². The van der Waals surface area contributed by atoms with Crippen LogP contribution in [0.3, 0.4) is 0 Å². The van der Waals surface area contributed by atoms with Crippen LogP contribution in [-0.2, 0) is 4.79 Å². The van der Waals surface area contributed by atoms with Gasteiger partial charge in [0.15, 0.2) is 5.78 Å². The standard InChI is InChI=1S/C15H22O3/c1-11(6-8-16)5-7-15(18)12(2)9-13(17)10-14(15,3)4/h5-7,9,16,18H,8,10H2,1-4H3/b7-5+,11-6+/t15-/m0/s1. The molecule has 3 heteroatoms. The largest absolute Gasteiger partial charge is 0.392 e. The normalized spacial score (nSPS) is 28.7. The molecule has 0 aromatic carbocycles.